The topological polar surface area (TPSA) is 52.6 Å². The van der Waals surface area contributed by atoms with Gasteiger partial charge in [0.25, 0.3) is 0 Å². The lowest BCUT2D eigenvalue weighted by atomic mass is 9.85. The van der Waals surface area contributed by atoms with Crippen molar-refractivity contribution in [3.8, 4) is 0 Å². The van der Waals surface area contributed by atoms with Crippen molar-refractivity contribution in [1.29, 1.82) is 0 Å². The maximum Gasteiger partial charge on any atom is 0.335 e. The fourth-order valence-electron chi connectivity index (χ4n) is 2.36. The van der Waals surface area contributed by atoms with Crippen molar-refractivity contribution >= 4 is 11.9 Å². The Morgan fingerprint density at radius 2 is 1.59 bits per heavy atom. The third-order valence-corrected chi connectivity index (χ3v) is 3.33. The molecule has 0 fully saturated rings. The van der Waals surface area contributed by atoms with Crippen molar-refractivity contribution < 1.29 is 19.1 Å². The van der Waals surface area contributed by atoms with Gasteiger partial charge in [-0.3, -0.25) is 0 Å². The highest BCUT2D eigenvalue weighted by atomic mass is 16.5. The Labute approximate surface area is 133 Å². The average Bonchev–Trinajstić information content (AvgIpc) is 2.41. The van der Waals surface area contributed by atoms with Crippen LogP contribution < -0.4 is 0 Å². The van der Waals surface area contributed by atoms with Crippen molar-refractivity contribution in [1.82, 2.24) is 0 Å². The van der Waals surface area contributed by atoms with Crippen molar-refractivity contribution in [2.24, 2.45) is 17.8 Å². The summed E-state index contributed by atoms with van der Waals surface area (Å²) in [4.78, 5) is 24.7. The molecule has 0 amide bonds. The van der Waals surface area contributed by atoms with E-state index >= 15 is 0 Å². The first-order valence-electron chi connectivity index (χ1n) is 7.96. The van der Waals surface area contributed by atoms with E-state index in [1.54, 1.807) is 0 Å². The molecule has 0 aromatic rings. The largest absolute Gasteiger partial charge is 0.462 e. The molecule has 0 aromatic heterocycles. The first kappa shape index (κ1) is 18.5. The number of carbonyl (C=O) groups excluding carboxylic acids is 2. The number of hydrogen-bond donors (Lipinski definition) is 0. The third-order valence-electron chi connectivity index (χ3n) is 3.33. The van der Waals surface area contributed by atoms with Crippen molar-refractivity contribution in [2.75, 3.05) is 13.2 Å². The SMILES string of the molecule is CC1=CC(C)C(C(=O)OCC(C)C)=C(C(=O)OCC(C)C)C1. The molecule has 1 rings (SSSR count). The number of allylic oxidation sites excluding steroid dienone is 2. The summed E-state index contributed by atoms with van der Waals surface area (Å²) >= 11 is 0. The molecule has 1 unspecified atom stereocenters. The van der Waals surface area contributed by atoms with Gasteiger partial charge in [-0.1, -0.05) is 46.3 Å². The molecule has 1 aliphatic carbocycles. The zero-order chi connectivity index (χ0) is 16.9. The standard InChI is InChI=1S/C18H28O4/c1-11(2)9-21-17(19)15-8-13(5)7-14(6)16(15)18(20)22-10-12(3)4/h7,11-12,14H,8-10H2,1-6H3. The molecule has 4 heteroatoms. The summed E-state index contributed by atoms with van der Waals surface area (Å²) in [5, 5.41) is 0. The van der Waals surface area contributed by atoms with E-state index in [9.17, 15) is 9.59 Å². The van der Waals surface area contributed by atoms with Gasteiger partial charge >= 0.3 is 11.9 Å². The smallest absolute Gasteiger partial charge is 0.335 e. The minimum absolute atomic E-state index is 0.130. The van der Waals surface area contributed by atoms with Crippen LogP contribution in [0.4, 0.5) is 0 Å². The van der Waals surface area contributed by atoms with Gasteiger partial charge in [-0.2, -0.15) is 0 Å². The number of ether oxygens (including phenoxy) is 2. The van der Waals surface area contributed by atoms with Gasteiger partial charge in [0.05, 0.1) is 24.4 Å². The first-order valence-corrected chi connectivity index (χ1v) is 7.96. The lowest BCUT2D eigenvalue weighted by Gasteiger charge is -2.23. The van der Waals surface area contributed by atoms with Crippen LogP contribution >= 0.6 is 0 Å². The molecular formula is C18H28O4. The maximum absolute atomic E-state index is 12.4. The van der Waals surface area contributed by atoms with Gasteiger partial charge in [0.1, 0.15) is 0 Å². The predicted octanol–water partition coefficient (Wildman–Crippen LogP) is 3.67. The highest BCUT2D eigenvalue weighted by Crippen LogP contribution is 2.30. The number of hydrogen-bond acceptors (Lipinski definition) is 4. The zero-order valence-corrected chi connectivity index (χ0v) is 14.6. The van der Waals surface area contributed by atoms with Crippen molar-refractivity contribution in [3.63, 3.8) is 0 Å². The highest BCUT2D eigenvalue weighted by Gasteiger charge is 2.30. The molecule has 0 saturated carbocycles. The quantitative estimate of drug-likeness (QED) is 0.555. The van der Waals surface area contributed by atoms with Gasteiger partial charge in [0.15, 0.2) is 0 Å². The van der Waals surface area contributed by atoms with E-state index in [0.717, 1.165) is 5.57 Å². The monoisotopic (exact) mass is 308 g/mol. The molecule has 0 spiro atoms. The van der Waals surface area contributed by atoms with Crippen molar-refractivity contribution in [2.45, 2.75) is 48.0 Å². The third kappa shape index (κ3) is 5.32. The summed E-state index contributed by atoms with van der Waals surface area (Å²) in [7, 11) is 0. The molecule has 0 bridgehead atoms. The van der Waals surface area contributed by atoms with Crippen molar-refractivity contribution in [3.05, 3.63) is 22.8 Å². The lowest BCUT2D eigenvalue weighted by molar-refractivity contribution is -0.143. The number of carbonyl (C=O) groups is 2. The fraction of sp³-hybridized carbons (Fsp3) is 0.667. The van der Waals surface area contributed by atoms with E-state index in [0.29, 0.717) is 30.8 Å². The second-order valence-electron chi connectivity index (χ2n) is 6.86. The highest BCUT2D eigenvalue weighted by molar-refractivity contribution is 6.01. The Kier molecular flexibility index (Phi) is 6.85. The summed E-state index contributed by atoms with van der Waals surface area (Å²) in [5.41, 5.74) is 1.96. The van der Waals surface area contributed by atoms with Gasteiger partial charge in [0.2, 0.25) is 0 Å². The van der Waals surface area contributed by atoms with E-state index in [4.69, 9.17) is 9.47 Å². The molecule has 0 heterocycles. The number of esters is 2. The lowest BCUT2D eigenvalue weighted by Crippen LogP contribution is -2.24. The molecule has 0 saturated heterocycles. The van der Waals surface area contributed by atoms with Crippen LogP contribution in [0, 0.1) is 17.8 Å². The minimum Gasteiger partial charge on any atom is -0.462 e. The summed E-state index contributed by atoms with van der Waals surface area (Å²) < 4.78 is 10.6. The molecule has 22 heavy (non-hydrogen) atoms. The Balaban J connectivity index is 2.97. The van der Waals surface area contributed by atoms with E-state index in [2.05, 4.69) is 0 Å². The summed E-state index contributed by atoms with van der Waals surface area (Å²) in [6.45, 7) is 12.5. The van der Waals surface area contributed by atoms with Crippen LogP contribution in [-0.4, -0.2) is 25.2 Å². The van der Waals surface area contributed by atoms with Gasteiger partial charge in [-0.05, 0) is 18.8 Å². The van der Waals surface area contributed by atoms with Crippen LogP contribution in [0.5, 0.6) is 0 Å². The molecule has 0 aliphatic heterocycles. The zero-order valence-electron chi connectivity index (χ0n) is 14.6. The van der Waals surface area contributed by atoms with Gasteiger partial charge in [0, 0.05) is 12.3 Å². The Hall–Kier alpha value is -1.58. The van der Waals surface area contributed by atoms with Gasteiger partial charge < -0.3 is 9.47 Å². The van der Waals surface area contributed by atoms with Crippen LogP contribution in [-0.2, 0) is 19.1 Å². The van der Waals surface area contributed by atoms with Crippen LogP contribution in [0.3, 0.4) is 0 Å². The van der Waals surface area contributed by atoms with Crippen LogP contribution in [0.25, 0.3) is 0 Å². The van der Waals surface area contributed by atoms with E-state index in [1.807, 2.05) is 47.6 Å². The first-order chi connectivity index (χ1) is 10.2. The summed E-state index contributed by atoms with van der Waals surface area (Å²) in [6, 6.07) is 0. The number of rotatable bonds is 6. The van der Waals surface area contributed by atoms with Crippen LogP contribution in [0.1, 0.15) is 48.0 Å². The van der Waals surface area contributed by atoms with E-state index in [-0.39, 0.29) is 17.8 Å². The van der Waals surface area contributed by atoms with Gasteiger partial charge in [-0.25, -0.2) is 9.59 Å². The molecular weight excluding hydrogens is 280 g/mol. The fourth-order valence-corrected chi connectivity index (χ4v) is 2.36. The summed E-state index contributed by atoms with van der Waals surface area (Å²) in [5.74, 6) is -0.406. The molecule has 0 N–H and O–H groups in total. The van der Waals surface area contributed by atoms with Crippen LogP contribution in [0.15, 0.2) is 22.8 Å². The molecule has 1 atom stereocenters. The molecule has 4 nitrogen and oxygen atoms in total. The molecule has 0 aromatic carbocycles. The Bertz CT molecular complexity index is 483. The van der Waals surface area contributed by atoms with E-state index < -0.39 is 11.9 Å². The van der Waals surface area contributed by atoms with Crippen LogP contribution in [0.2, 0.25) is 0 Å². The van der Waals surface area contributed by atoms with E-state index in [1.165, 1.54) is 0 Å². The average molecular weight is 308 g/mol. The van der Waals surface area contributed by atoms with Gasteiger partial charge in [-0.15, -0.1) is 0 Å². The summed E-state index contributed by atoms with van der Waals surface area (Å²) in [6.07, 6.45) is 2.46. The predicted molar refractivity (Wildman–Crippen MR) is 86.2 cm³/mol. The second kappa shape index (κ2) is 8.16. The Morgan fingerprint density at radius 3 is 2.09 bits per heavy atom. The molecule has 0 radical (unpaired) electrons. The molecule has 1 aliphatic rings. The maximum atomic E-state index is 12.4. The Morgan fingerprint density at radius 1 is 1.09 bits per heavy atom. The molecule has 124 valence electrons. The second-order valence-corrected chi connectivity index (χ2v) is 6.86. The normalized spacial score (nSPS) is 18.5. The minimum atomic E-state index is -0.401.